The minimum atomic E-state index is -3.24. The summed E-state index contributed by atoms with van der Waals surface area (Å²) < 4.78 is 28.8. The zero-order valence-electron chi connectivity index (χ0n) is 15.3. The molecule has 0 amide bonds. The summed E-state index contributed by atoms with van der Waals surface area (Å²) in [6.07, 6.45) is 1.53. The second-order valence-corrected chi connectivity index (χ2v) is 10.0. The van der Waals surface area contributed by atoms with Gasteiger partial charge < -0.3 is 4.57 Å². The van der Waals surface area contributed by atoms with E-state index in [1.54, 1.807) is 10.4 Å². The van der Waals surface area contributed by atoms with Gasteiger partial charge in [0, 0.05) is 47.9 Å². The van der Waals surface area contributed by atoms with E-state index in [0.29, 0.717) is 31.1 Å². The van der Waals surface area contributed by atoms with Crippen LogP contribution < -0.4 is 5.56 Å². The van der Waals surface area contributed by atoms with Gasteiger partial charge in [0.2, 0.25) is 10.0 Å². The predicted molar refractivity (Wildman–Crippen MR) is 108 cm³/mol. The molecule has 27 heavy (non-hydrogen) atoms. The molecule has 0 N–H and O–H groups in total. The molecular weight excluding hydrogens is 384 g/mol. The molecule has 144 valence electrons. The molecule has 7 heteroatoms. The zero-order chi connectivity index (χ0) is 19.2. The first-order chi connectivity index (χ1) is 12.9. The molecular formula is C20H23ClN2O3S. The number of piperidine rings is 1. The van der Waals surface area contributed by atoms with Gasteiger partial charge in [0.05, 0.1) is 5.75 Å². The van der Waals surface area contributed by atoms with E-state index in [1.165, 1.54) is 0 Å². The van der Waals surface area contributed by atoms with Crippen molar-refractivity contribution in [1.82, 2.24) is 8.87 Å². The van der Waals surface area contributed by atoms with Gasteiger partial charge in [0.25, 0.3) is 5.56 Å². The van der Waals surface area contributed by atoms with E-state index in [-0.39, 0.29) is 23.1 Å². The Morgan fingerprint density at radius 2 is 1.81 bits per heavy atom. The molecule has 1 saturated heterocycles. The maximum atomic E-state index is 12.6. The van der Waals surface area contributed by atoms with E-state index in [1.807, 2.05) is 41.8 Å². The Labute approximate surface area is 164 Å². The molecule has 1 aromatic carbocycles. The number of nitrogens with zero attached hydrogens (tertiary/aromatic N) is 2. The van der Waals surface area contributed by atoms with Gasteiger partial charge >= 0.3 is 0 Å². The highest BCUT2D eigenvalue weighted by Gasteiger charge is 2.39. The molecule has 0 aliphatic carbocycles. The molecule has 2 aliphatic rings. The highest BCUT2D eigenvalue weighted by Crippen LogP contribution is 2.40. The number of aromatic nitrogens is 1. The third-order valence-electron chi connectivity index (χ3n) is 5.57. The van der Waals surface area contributed by atoms with Crippen molar-refractivity contribution < 1.29 is 8.42 Å². The van der Waals surface area contributed by atoms with Crippen molar-refractivity contribution in [3.8, 4) is 11.1 Å². The summed E-state index contributed by atoms with van der Waals surface area (Å²) >= 11 is 6.02. The molecule has 2 bridgehead atoms. The van der Waals surface area contributed by atoms with E-state index < -0.39 is 10.0 Å². The minimum absolute atomic E-state index is 0.0118. The number of pyridine rings is 1. The van der Waals surface area contributed by atoms with Crippen LogP contribution in [0.25, 0.3) is 11.1 Å². The third kappa shape index (κ3) is 3.46. The van der Waals surface area contributed by atoms with Crippen LogP contribution in [0, 0.1) is 5.92 Å². The van der Waals surface area contributed by atoms with Gasteiger partial charge in [-0.3, -0.25) is 4.79 Å². The molecule has 2 atom stereocenters. The molecule has 0 saturated carbocycles. The Bertz CT molecular complexity index is 1010. The van der Waals surface area contributed by atoms with Crippen LogP contribution in [0.3, 0.4) is 0 Å². The number of fused-ring (bicyclic) bond motifs is 4. The Morgan fingerprint density at radius 1 is 1.07 bits per heavy atom. The van der Waals surface area contributed by atoms with Crippen LogP contribution >= 0.6 is 11.6 Å². The summed E-state index contributed by atoms with van der Waals surface area (Å²) in [6, 6.07) is 11.0. The average molecular weight is 407 g/mol. The maximum Gasteiger partial charge on any atom is 0.250 e. The zero-order valence-corrected chi connectivity index (χ0v) is 16.8. The van der Waals surface area contributed by atoms with Gasteiger partial charge in [0.15, 0.2) is 0 Å². The van der Waals surface area contributed by atoms with Crippen LogP contribution in [-0.2, 0) is 16.6 Å². The summed E-state index contributed by atoms with van der Waals surface area (Å²) in [7, 11) is -3.24. The van der Waals surface area contributed by atoms with Crippen molar-refractivity contribution in [2.75, 3.05) is 18.8 Å². The molecule has 0 unspecified atom stereocenters. The van der Waals surface area contributed by atoms with Crippen LogP contribution in [0.2, 0.25) is 5.02 Å². The van der Waals surface area contributed by atoms with Crippen molar-refractivity contribution in [2.45, 2.75) is 32.2 Å². The van der Waals surface area contributed by atoms with Gasteiger partial charge in [-0.25, -0.2) is 12.7 Å². The lowest BCUT2D eigenvalue weighted by Gasteiger charge is -2.43. The molecule has 0 radical (unpaired) electrons. The topological polar surface area (TPSA) is 59.4 Å². The van der Waals surface area contributed by atoms with E-state index >= 15 is 0 Å². The molecule has 2 aliphatic heterocycles. The highest BCUT2D eigenvalue weighted by molar-refractivity contribution is 7.89. The predicted octanol–water partition coefficient (Wildman–Crippen LogP) is 3.33. The molecule has 1 aromatic heterocycles. The molecule has 5 nitrogen and oxygen atoms in total. The van der Waals surface area contributed by atoms with Crippen molar-refractivity contribution in [2.24, 2.45) is 5.92 Å². The van der Waals surface area contributed by atoms with Crippen molar-refractivity contribution in [1.29, 1.82) is 0 Å². The van der Waals surface area contributed by atoms with Crippen molar-refractivity contribution in [3.63, 3.8) is 0 Å². The van der Waals surface area contributed by atoms with E-state index in [0.717, 1.165) is 23.2 Å². The first-order valence-corrected chi connectivity index (χ1v) is 11.3. The summed E-state index contributed by atoms with van der Waals surface area (Å²) in [4.78, 5) is 12.5. The van der Waals surface area contributed by atoms with Crippen molar-refractivity contribution >= 4 is 21.6 Å². The van der Waals surface area contributed by atoms with E-state index in [9.17, 15) is 13.2 Å². The standard InChI is InChI=1S/C20H23ClN2O3S/c1-2-9-27(25,26)22-11-14-10-16(13-22)20-18(7-8-19(24)23(20)12-14)15-3-5-17(21)6-4-15/h3-8,14,16H,2,9-13H2,1H3/t14-,16-/m1/s1. The van der Waals surface area contributed by atoms with Crippen LogP contribution in [0.4, 0.5) is 0 Å². The molecule has 3 heterocycles. The first kappa shape index (κ1) is 18.7. The molecule has 0 spiro atoms. The Hall–Kier alpha value is -1.63. The summed E-state index contributed by atoms with van der Waals surface area (Å²) in [6.45, 7) is 3.42. The van der Waals surface area contributed by atoms with Gasteiger partial charge in [-0.05, 0) is 42.5 Å². The second kappa shape index (κ2) is 7.08. The van der Waals surface area contributed by atoms with Crippen molar-refractivity contribution in [3.05, 3.63) is 57.5 Å². The van der Waals surface area contributed by atoms with E-state index in [2.05, 4.69) is 0 Å². The van der Waals surface area contributed by atoms with Crippen LogP contribution in [-0.4, -0.2) is 36.1 Å². The normalized spacial score (nSPS) is 22.4. The minimum Gasteiger partial charge on any atom is -0.311 e. The lowest BCUT2D eigenvalue weighted by Crippen LogP contribution is -2.49. The number of benzene rings is 1. The Morgan fingerprint density at radius 3 is 2.52 bits per heavy atom. The number of rotatable bonds is 4. The van der Waals surface area contributed by atoms with Crippen LogP contribution in [0.5, 0.6) is 0 Å². The smallest absolute Gasteiger partial charge is 0.250 e. The van der Waals surface area contributed by atoms with Gasteiger partial charge in [-0.15, -0.1) is 0 Å². The lowest BCUT2D eigenvalue weighted by atomic mass is 9.81. The average Bonchev–Trinajstić information content (AvgIpc) is 2.63. The van der Waals surface area contributed by atoms with Gasteiger partial charge in [0.1, 0.15) is 0 Å². The summed E-state index contributed by atoms with van der Waals surface area (Å²) in [5, 5.41) is 0.662. The number of halogens is 1. The first-order valence-electron chi connectivity index (χ1n) is 9.36. The Balaban J connectivity index is 1.79. The highest BCUT2D eigenvalue weighted by atomic mass is 35.5. The number of hydrogen-bond acceptors (Lipinski definition) is 3. The summed E-state index contributed by atoms with van der Waals surface area (Å²) in [5.41, 5.74) is 2.93. The largest absolute Gasteiger partial charge is 0.311 e. The second-order valence-electron chi connectivity index (χ2n) is 7.52. The van der Waals surface area contributed by atoms with Crippen LogP contribution in [0.1, 0.15) is 31.4 Å². The fourth-order valence-corrected chi connectivity index (χ4v) is 6.20. The van der Waals surface area contributed by atoms with E-state index in [4.69, 9.17) is 11.6 Å². The SMILES string of the molecule is CCCS(=O)(=O)N1C[C@H]2C[C@H](C1)c1c(-c3ccc(Cl)cc3)ccc(=O)n1C2. The quantitative estimate of drug-likeness (QED) is 0.782. The number of hydrogen-bond donors (Lipinski definition) is 0. The molecule has 2 aromatic rings. The van der Waals surface area contributed by atoms with Gasteiger partial charge in [-0.2, -0.15) is 0 Å². The fraction of sp³-hybridized carbons (Fsp3) is 0.450. The Kier molecular flexibility index (Phi) is 4.91. The van der Waals surface area contributed by atoms with Crippen LogP contribution in [0.15, 0.2) is 41.2 Å². The third-order valence-corrected chi connectivity index (χ3v) is 7.83. The maximum absolute atomic E-state index is 12.6. The monoisotopic (exact) mass is 406 g/mol. The summed E-state index contributed by atoms with van der Waals surface area (Å²) in [5.74, 6) is 0.391. The lowest BCUT2D eigenvalue weighted by molar-refractivity contribution is 0.187. The molecule has 1 fully saturated rings. The number of sulfonamides is 1. The fourth-order valence-electron chi connectivity index (χ4n) is 4.46. The van der Waals surface area contributed by atoms with Gasteiger partial charge in [-0.1, -0.05) is 30.7 Å². The molecule has 4 rings (SSSR count).